The maximum atomic E-state index is 13.0. The van der Waals surface area contributed by atoms with Gasteiger partial charge in [0.05, 0.1) is 18.7 Å². The van der Waals surface area contributed by atoms with E-state index in [1.807, 2.05) is 43.1 Å². The van der Waals surface area contributed by atoms with Crippen LogP contribution in [0.2, 0.25) is 0 Å². The van der Waals surface area contributed by atoms with E-state index in [4.69, 9.17) is 9.47 Å². The number of ether oxygens (including phenoxy) is 2. The molecule has 0 unspecified atom stereocenters. The lowest BCUT2D eigenvalue weighted by molar-refractivity contribution is 0.0628. The number of aromatic nitrogens is 1. The van der Waals surface area contributed by atoms with Crippen LogP contribution in [0.25, 0.3) is 10.9 Å². The summed E-state index contributed by atoms with van der Waals surface area (Å²) in [4.78, 5) is 21.9. The minimum atomic E-state index is 0.0286. The lowest BCUT2D eigenvalue weighted by Gasteiger charge is -2.35. The van der Waals surface area contributed by atoms with E-state index in [-0.39, 0.29) is 12.0 Å². The number of amides is 1. The van der Waals surface area contributed by atoms with Gasteiger partial charge in [-0.15, -0.1) is 0 Å². The van der Waals surface area contributed by atoms with Crippen molar-refractivity contribution in [2.24, 2.45) is 0 Å². The van der Waals surface area contributed by atoms with Crippen molar-refractivity contribution >= 4 is 16.8 Å². The lowest BCUT2D eigenvalue weighted by Crippen LogP contribution is -2.48. The van der Waals surface area contributed by atoms with Gasteiger partial charge in [-0.25, -0.2) is 0 Å². The summed E-state index contributed by atoms with van der Waals surface area (Å²) in [5.74, 6) is 1.27. The zero-order valence-corrected chi connectivity index (χ0v) is 18.4. The van der Waals surface area contributed by atoms with Crippen molar-refractivity contribution in [3.63, 3.8) is 0 Å². The smallest absolute Gasteiger partial charge is 0.254 e. The molecule has 0 atom stereocenters. The monoisotopic (exact) mass is 419 g/mol. The van der Waals surface area contributed by atoms with Gasteiger partial charge in [0.1, 0.15) is 0 Å². The average Bonchev–Trinajstić information content (AvgIpc) is 2.79. The van der Waals surface area contributed by atoms with Crippen LogP contribution in [0.5, 0.6) is 11.5 Å². The molecule has 1 saturated heterocycles. The van der Waals surface area contributed by atoms with Crippen LogP contribution in [0.4, 0.5) is 0 Å². The van der Waals surface area contributed by atoms with Crippen LogP contribution in [0.15, 0.2) is 54.7 Å². The second-order valence-electron chi connectivity index (χ2n) is 8.09. The SMILES string of the molecule is COc1cc(C(=O)N2CCN(Cc3cccc4cccnc34)CC2)ccc1OC(C)C. The third-order valence-corrected chi connectivity index (χ3v) is 5.54. The zero-order valence-electron chi connectivity index (χ0n) is 18.4. The van der Waals surface area contributed by atoms with Crippen LogP contribution in [-0.4, -0.2) is 60.1 Å². The Balaban J connectivity index is 1.40. The second-order valence-corrected chi connectivity index (χ2v) is 8.09. The molecule has 0 N–H and O–H groups in total. The Labute approximate surface area is 183 Å². The molecule has 3 aromatic rings. The van der Waals surface area contributed by atoms with E-state index in [1.54, 1.807) is 13.2 Å². The molecule has 4 rings (SSSR count). The number of hydrogen-bond acceptors (Lipinski definition) is 5. The Hall–Kier alpha value is -3.12. The van der Waals surface area contributed by atoms with Gasteiger partial charge < -0.3 is 14.4 Å². The molecule has 0 saturated carbocycles. The first kappa shape index (κ1) is 21.1. The van der Waals surface area contributed by atoms with Crippen molar-refractivity contribution in [1.29, 1.82) is 0 Å². The predicted molar refractivity (Wildman–Crippen MR) is 122 cm³/mol. The van der Waals surface area contributed by atoms with E-state index >= 15 is 0 Å². The predicted octanol–water partition coefficient (Wildman–Crippen LogP) is 3.99. The average molecular weight is 420 g/mol. The highest BCUT2D eigenvalue weighted by Crippen LogP contribution is 2.29. The topological polar surface area (TPSA) is 54.9 Å². The number of fused-ring (bicyclic) bond motifs is 1. The summed E-state index contributed by atoms with van der Waals surface area (Å²) < 4.78 is 11.2. The van der Waals surface area contributed by atoms with Crippen molar-refractivity contribution in [2.75, 3.05) is 33.3 Å². The molecule has 6 nitrogen and oxygen atoms in total. The van der Waals surface area contributed by atoms with E-state index in [2.05, 4.69) is 34.1 Å². The number of methoxy groups -OCH3 is 1. The number of para-hydroxylation sites is 1. The fraction of sp³-hybridized carbons (Fsp3) is 0.360. The number of pyridine rings is 1. The standard InChI is InChI=1S/C25H29N3O3/c1-18(2)31-22-10-9-20(16-23(22)30-3)25(29)28-14-12-27(13-15-28)17-21-7-4-6-19-8-5-11-26-24(19)21/h4-11,16,18H,12-15,17H2,1-3H3. The Morgan fingerprint density at radius 1 is 1.03 bits per heavy atom. The van der Waals surface area contributed by atoms with Gasteiger partial charge in [0.25, 0.3) is 5.91 Å². The largest absolute Gasteiger partial charge is 0.493 e. The van der Waals surface area contributed by atoms with Crippen molar-refractivity contribution in [3.8, 4) is 11.5 Å². The van der Waals surface area contributed by atoms with Crippen molar-refractivity contribution in [3.05, 3.63) is 65.9 Å². The fourth-order valence-corrected chi connectivity index (χ4v) is 3.98. The quantitative estimate of drug-likeness (QED) is 0.605. The molecule has 2 aromatic carbocycles. The maximum Gasteiger partial charge on any atom is 0.254 e. The first-order chi connectivity index (χ1) is 15.0. The van der Waals surface area contributed by atoms with Crippen molar-refractivity contribution in [1.82, 2.24) is 14.8 Å². The first-order valence-electron chi connectivity index (χ1n) is 10.7. The molecule has 6 heteroatoms. The number of piperazine rings is 1. The molecule has 1 amide bonds. The molecule has 31 heavy (non-hydrogen) atoms. The molecule has 2 heterocycles. The summed E-state index contributed by atoms with van der Waals surface area (Å²) in [5, 5.41) is 1.16. The summed E-state index contributed by atoms with van der Waals surface area (Å²) >= 11 is 0. The van der Waals surface area contributed by atoms with Gasteiger partial charge in [0, 0.05) is 49.9 Å². The van der Waals surface area contributed by atoms with Gasteiger partial charge in [0.15, 0.2) is 11.5 Å². The zero-order chi connectivity index (χ0) is 21.8. The normalized spacial score (nSPS) is 14.8. The lowest BCUT2D eigenvalue weighted by atomic mass is 10.1. The molecule has 1 aromatic heterocycles. The van der Waals surface area contributed by atoms with E-state index in [9.17, 15) is 4.79 Å². The molecule has 162 valence electrons. The summed E-state index contributed by atoms with van der Waals surface area (Å²) in [6, 6.07) is 15.8. The van der Waals surface area contributed by atoms with E-state index in [0.29, 0.717) is 30.2 Å². The number of benzene rings is 2. The summed E-state index contributed by atoms with van der Waals surface area (Å²) in [7, 11) is 1.59. The highest BCUT2D eigenvalue weighted by atomic mass is 16.5. The summed E-state index contributed by atoms with van der Waals surface area (Å²) in [5.41, 5.74) is 2.90. The molecule has 1 fully saturated rings. The van der Waals surface area contributed by atoms with Crippen molar-refractivity contribution in [2.45, 2.75) is 26.5 Å². The van der Waals surface area contributed by atoms with E-state index in [1.165, 1.54) is 5.56 Å². The van der Waals surface area contributed by atoms with Gasteiger partial charge in [-0.05, 0) is 43.7 Å². The Kier molecular flexibility index (Phi) is 6.37. The van der Waals surface area contributed by atoms with Gasteiger partial charge >= 0.3 is 0 Å². The van der Waals surface area contributed by atoms with Crippen LogP contribution in [0, 0.1) is 0 Å². The van der Waals surface area contributed by atoms with Crippen LogP contribution < -0.4 is 9.47 Å². The molecule has 0 aliphatic carbocycles. The van der Waals surface area contributed by atoms with E-state index in [0.717, 1.165) is 30.5 Å². The van der Waals surface area contributed by atoms with Crippen LogP contribution >= 0.6 is 0 Å². The van der Waals surface area contributed by atoms with Crippen molar-refractivity contribution < 1.29 is 14.3 Å². The molecule has 1 aliphatic rings. The Morgan fingerprint density at radius 3 is 2.55 bits per heavy atom. The number of carbonyl (C=O) groups is 1. The van der Waals surface area contributed by atoms with Gasteiger partial charge in [-0.2, -0.15) is 0 Å². The van der Waals surface area contributed by atoms with Gasteiger partial charge in [0.2, 0.25) is 0 Å². The minimum Gasteiger partial charge on any atom is -0.493 e. The molecule has 0 radical (unpaired) electrons. The van der Waals surface area contributed by atoms with Crippen LogP contribution in [0.1, 0.15) is 29.8 Å². The molecule has 0 spiro atoms. The van der Waals surface area contributed by atoms with E-state index < -0.39 is 0 Å². The van der Waals surface area contributed by atoms with Gasteiger partial charge in [-0.3, -0.25) is 14.7 Å². The highest BCUT2D eigenvalue weighted by Gasteiger charge is 2.23. The molecule has 0 bridgehead atoms. The Bertz CT molecular complexity index is 1050. The third kappa shape index (κ3) is 4.80. The summed E-state index contributed by atoms with van der Waals surface area (Å²) in [6.07, 6.45) is 1.88. The van der Waals surface area contributed by atoms with Crippen LogP contribution in [-0.2, 0) is 6.54 Å². The fourth-order valence-electron chi connectivity index (χ4n) is 3.98. The minimum absolute atomic E-state index is 0.0286. The molecule has 1 aliphatic heterocycles. The number of rotatable bonds is 6. The first-order valence-corrected chi connectivity index (χ1v) is 10.7. The molecular weight excluding hydrogens is 390 g/mol. The number of hydrogen-bond donors (Lipinski definition) is 0. The highest BCUT2D eigenvalue weighted by molar-refractivity contribution is 5.95. The summed E-state index contributed by atoms with van der Waals surface area (Å²) in [6.45, 7) is 7.83. The second kappa shape index (κ2) is 9.35. The van der Waals surface area contributed by atoms with Gasteiger partial charge in [-0.1, -0.05) is 24.3 Å². The Morgan fingerprint density at radius 2 is 1.81 bits per heavy atom. The molecular formula is C25H29N3O3. The maximum absolute atomic E-state index is 13.0. The number of carbonyl (C=O) groups excluding carboxylic acids is 1. The van der Waals surface area contributed by atoms with Crippen LogP contribution in [0.3, 0.4) is 0 Å². The third-order valence-electron chi connectivity index (χ3n) is 5.54. The number of nitrogens with zero attached hydrogens (tertiary/aromatic N) is 3.